The summed E-state index contributed by atoms with van der Waals surface area (Å²) >= 11 is 0. The number of rotatable bonds is 8. The monoisotopic (exact) mass is 222 g/mol. The standard InChI is InChI=1S/C12H18N2O2/c15-14(16)11-5-4-9-13-10-8-12-6-2-1-3-7-12/h1-3,6-7,13H,4-5,8-11H2. The normalized spacial score (nSPS) is 10.2. The van der Waals surface area contributed by atoms with Gasteiger partial charge in [0.2, 0.25) is 6.54 Å². The molecule has 0 aromatic heterocycles. The topological polar surface area (TPSA) is 55.2 Å². The Morgan fingerprint density at radius 2 is 1.88 bits per heavy atom. The fraction of sp³-hybridized carbons (Fsp3) is 0.500. The van der Waals surface area contributed by atoms with E-state index in [1.807, 2.05) is 18.2 Å². The van der Waals surface area contributed by atoms with Gasteiger partial charge in [0.05, 0.1) is 0 Å². The van der Waals surface area contributed by atoms with Crippen LogP contribution >= 0.6 is 0 Å². The summed E-state index contributed by atoms with van der Waals surface area (Å²) in [6.45, 7) is 1.88. The summed E-state index contributed by atoms with van der Waals surface area (Å²) in [5.41, 5.74) is 1.32. The van der Waals surface area contributed by atoms with Crippen molar-refractivity contribution >= 4 is 0 Å². The van der Waals surface area contributed by atoms with Crippen LogP contribution in [0.25, 0.3) is 0 Å². The van der Waals surface area contributed by atoms with Gasteiger partial charge in [-0.2, -0.15) is 0 Å². The highest BCUT2D eigenvalue weighted by atomic mass is 16.6. The molecule has 16 heavy (non-hydrogen) atoms. The Balaban J connectivity index is 1.94. The van der Waals surface area contributed by atoms with Crippen molar-refractivity contribution in [2.45, 2.75) is 19.3 Å². The summed E-state index contributed by atoms with van der Waals surface area (Å²) in [7, 11) is 0. The van der Waals surface area contributed by atoms with Gasteiger partial charge in [-0.1, -0.05) is 30.3 Å². The van der Waals surface area contributed by atoms with Crippen molar-refractivity contribution in [3.05, 3.63) is 46.0 Å². The van der Waals surface area contributed by atoms with Crippen molar-refractivity contribution in [1.82, 2.24) is 5.32 Å². The zero-order valence-corrected chi connectivity index (χ0v) is 9.39. The molecular weight excluding hydrogens is 204 g/mol. The first-order valence-corrected chi connectivity index (χ1v) is 5.65. The molecule has 0 aliphatic carbocycles. The van der Waals surface area contributed by atoms with Crippen LogP contribution in [0, 0.1) is 10.1 Å². The van der Waals surface area contributed by atoms with Gasteiger partial charge in [0, 0.05) is 11.3 Å². The lowest BCUT2D eigenvalue weighted by Crippen LogP contribution is -2.19. The molecule has 1 aromatic rings. The van der Waals surface area contributed by atoms with Crippen LogP contribution in [-0.2, 0) is 6.42 Å². The largest absolute Gasteiger partial charge is 0.316 e. The van der Waals surface area contributed by atoms with Gasteiger partial charge in [0.15, 0.2) is 0 Å². The molecule has 0 aliphatic rings. The Morgan fingerprint density at radius 3 is 2.56 bits per heavy atom. The van der Waals surface area contributed by atoms with Crippen molar-refractivity contribution < 1.29 is 4.92 Å². The molecule has 0 saturated heterocycles. The van der Waals surface area contributed by atoms with E-state index in [4.69, 9.17) is 0 Å². The molecule has 0 unspecified atom stereocenters. The van der Waals surface area contributed by atoms with E-state index >= 15 is 0 Å². The van der Waals surface area contributed by atoms with E-state index in [1.165, 1.54) is 5.56 Å². The lowest BCUT2D eigenvalue weighted by Gasteiger charge is -2.03. The van der Waals surface area contributed by atoms with E-state index in [2.05, 4.69) is 17.4 Å². The van der Waals surface area contributed by atoms with Crippen LogP contribution in [0.4, 0.5) is 0 Å². The van der Waals surface area contributed by atoms with E-state index in [0.717, 1.165) is 25.9 Å². The molecule has 0 aliphatic heterocycles. The first-order valence-electron chi connectivity index (χ1n) is 5.65. The van der Waals surface area contributed by atoms with E-state index in [9.17, 15) is 10.1 Å². The average molecular weight is 222 g/mol. The van der Waals surface area contributed by atoms with E-state index in [0.29, 0.717) is 6.42 Å². The number of benzene rings is 1. The average Bonchev–Trinajstić information content (AvgIpc) is 2.29. The highest BCUT2D eigenvalue weighted by molar-refractivity contribution is 5.14. The van der Waals surface area contributed by atoms with E-state index in [1.54, 1.807) is 0 Å². The van der Waals surface area contributed by atoms with Crippen molar-refractivity contribution in [3.63, 3.8) is 0 Å². The Hall–Kier alpha value is -1.42. The lowest BCUT2D eigenvalue weighted by atomic mass is 10.1. The van der Waals surface area contributed by atoms with Crippen molar-refractivity contribution in [2.75, 3.05) is 19.6 Å². The Morgan fingerprint density at radius 1 is 1.12 bits per heavy atom. The SMILES string of the molecule is O=[N+]([O-])CCCCNCCc1ccccc1. The molecular formula is C12H18N2O2. The van der Waals surface area contributed by atoms with Gasteiger partial charge in [-0.25, -0.2) is 0 Å². The van der Waals surface area contributed by atoms with Crippen molar-refractivity contribution in [1.29, 1.82) is 0 Å². The second kappa shape index (κ2) is 7.82. The summed E-state index contributed by atoms with van der Waals surface area (Å²) < 4.78 is 0. The van der Waals surface area contributed by atoms with Crippen LogP contribution in [0.15, 0.2) is 30.3 Å². The fourth-order valence-electron chi connectivity index (χ4n) is 1.49. The van der Waals surface area contributed by atoms with Crippen LogP contribution in [0.3, 0.4) is 0 Å². The molecule has 0 spiro atoms. The second-order valence-electron chi connectivity index (χ2n) is 3.75. The third kappa shape index (κ3) is 6.14. The molecule has 1 N–H and O–H groups in total. The molecule has 0 bridgehead atoms. The van der Waals surface area contributed by atoms with Gasteiger partial charge in [-0.3, -0.25) is 10.1 Å². The number of unbranched alkanes of at least 4 members (excludes halogenated alkanes) is 1. The number of hydrogen-bond acceptors (Lipinski definition) is 3. The van der Waals surface area contributed by atoms with Crippen LogP contribution < -0.4 is 5.32 Å². The van der Waals surface area contributed by atoms with Crippen molar-refractivity contribution in [3.8, 4) is 0 Å². The predicted molar refractivity (Wildman–Crippen MR) is 64.1 cm³/mol. The summed E-state index contributed by atoms with van der Waals surface area (Å²) in [5.74, 6) is 0. The number of nitrogens with one attached hydrogen (secondary N) is 1. The molecule has 4 nitrogen and oxygen atoms in total. The fourth-order valence-corrected chi connectivity index (χ4v) is 1.49. The van der Waals surface area contributed by atoms with Gasteiger partial charge >= 0.3 is 0 Å². The summed E-state index contributed by atoms with van der Waals surface area (Å²) in [6, 6.07) is 10.3. The molecule has 0 radical (unpaired) electrons. The third-order valence-electron chi connectivity index (χ3n) is 2.38. The molecule has 0 atom stereocenters. The quantitative estimate of drug-likeness (QED) is 0.415. The van der Waals surface area contributed by atoms with Gasteiger partial charge in [0.1, 0.15) is 0 Å². The Labute approximate surface area is 95.8 Å². The van der Waals surface area contributed by atoms with Crippen LogP contribution in [-0.4, -0.2) is 24.6 Å². The van der Waals surface area contributed by atoms with Crippen LogP contribution in [0.2, 0.25) is 0 Å². The molecule has 1 aromatic carbocycles. The van der Waals surface area contributed by atoms with Gasteiger partial charge in [-0.05, 0) is 31.5 Å². The minimum Gasteiger partial charge on any atom is -0.316 e. The number of nitro groups is 1. The smallest absolute Gasteiger partial charge is 0.203 e. The van der Waals surface area contributed by atoms with Crippen molar-refractivity contribution in [2.24, 2.45) is 0 Å². The molecule has 0 fully saturated rings. The van der Waals surface area contributed by atoms with Crippen LogP contribution in [0.5, 0.6) is 0 Å². The summed E-state index contributed by atoms with van der Waals surface area (Å²) in [6.07, 6.45) is 2.54. The molecule has 0 heterocycles. The van der Waals surface area contributed by atoms with Gasteiger partial charge in [0.25, 0.3) is 0 Å². The van der Waals surface area contributed by atoms with Gasteiger partial charge in [-0.15, -0.1) is 0 Å². The summed E-state index contributed by atoms with van der Waals surface area (Å²) in [4.78, 5) is 9.80. The van der Waals surface area contributed by atoms with E-state index < -0.39 is 0 Å². The molecule has 0 amide bonds. The zero-order valence-electron chi connectivity index (χ0n) is 9.39. The van der Waals surface area contributed by atoms with E-state index in [-0.39, 0.29) is 11.5 Å². The van der Waals surface area contributed by atoms with Crippen LogP contribution in [0.1, 0.15) is 18.4 Å². The predicted octanol–water partition coefficient (Wildman–Crippen LogP) is 1.88. The minimum atomic E-state index is -0.260. The molecule has 0 saturated carbocycles. The zero-order chi connectivity index (χ0) is 11.6. The third-order valence-corrected chi connectivity index (χ3v) is 2.38. The highest BCUT2D eigenvalue weighted by Crippen LogP contribution is 1.98. The number of hydrogen-bond donors (Lipinski definition) is 1. The highest BCUT2D eigenvalue weighted by Gasteiger charge is 1.96. The molecule has 4 heteroatoms. The second-order valence-corrected chi connectivity index (χ2v) is 3.75. The molecule has 1 rings (SSSR count). The number of nitrogens with zero attached hydrogens (tertiary/aromatic N) is 1. The summed E-state index contributed by atoms with van der Waals surface area (Å²) in [5, 5.41) is 13.3. The van der Waals surface area contributed by atoms with Gasteiger partial charge < -0.3 is 5.32 Å². The lowest BCUT2D eigenvalue weighted by molar-refractivity contribution is -0.480. The maximum atomic E-state index is 10.1. The Bertz CT molecular complexity index is 301. The minimum absolute atomic E-state index is 0.0837. The maximum absolute atomic E-state index is 10.1. The first kappa shape index (κ1) is 12.6. The first-order chi connectivity index (χ1) is 7.79. The molecule has 88 valence electrons. The maximum Gasteiger partial charge on any atom is 0.203 e. The Kier molecular flexibility index (Phi) is 6.18.